The molecule has 150 valence electrons. The first-order valence-electron chi connectivity index (χ1n) is 10.0. The zero-order valence-electron chi connectivity index (χ0n) is 17.0. The van der Waals surface area contributed by atoms with Gasteiger partial charge in [-0.2, -0.15) is 0 Å². The van der Waals surface area contributed by atoms with Crippen molar-refractivity contribution in [2.24, 2.45) is 0 Å². The van der Waals surface area contributed by atoms with E-state index in [-0.39, 0.29) is 11.9 Å². The molecule has 0 radical (unpaired) electrons. The lowest BCUT2D eigenvalue weighted by molar-refractivity contribution is 0.0932. The molecule has 0 bridgehead atoms. The quantitative estimate of drug-likeness (QED) is 0.663. The summed E-state index contributed by atoms with van der Waals surface area (Å²) in [5.41, 5.74) is 5.24. The Balaban J connectivity index is 1.56. The average Bonchev–Trinajstić information content (AvgIpc) is 3.29. The van der Waals surface area contributed by atoms with Crippen molar-refractivity contribution in [3.63, 3.8) is 0 Å². The van der Waals surface area contributed by atoms with Crippen LogP contribution in [0.25, 0.3) is 0 Å². The molecule has 0 unspecified atom stereocenters. The lowest BCUT2D eigenvalue weighted by Gasteiger charge is -2.36. The van der Waals surface area contributed by atoms with Gasteiger partial charge in [0.25, 0.3) is 5.91 Å². The van der Waals surface area contributed by atoms with Gasteiger partial charge < -0.3 is 10.2 Å². The standard InChI is InChI=1S/C24H27N3OS/c1-26(2)21-11-9-19(10-12-21)22(16-25-24(28)23-8-5-15-29-23)27-14-13-18-6-3-4-7-20(18)17-27/h3-12,15,22H,13-14,16-17H2,1-2H3,(H,25,28)/t22-/m1/s1. The van der Waals surface area contributed by atoms with Gasteiger partial charge in [-0.3, -0.25) is 9.69 Å². The van der Waals surface area contributed by atoms with Crippen molar-refractivity contribution in [3.8, 4) is 0 Å². The molecular weight excluding hydrogens is 378 g/mol. The summed E-state index contributed by atoms with van der Waals surface area (Å²) in [5, 5.41) is 5.10. The van der Waals surface area contributed by atoms with Crippen LogP contribution >= 0.6 is 11.3 Å². The Morgan fingerprint density at radius 3 is 2.52 bits per heavy atom. The zero-order valence-corrected chi connectivity index (χ0v) is 17.8. The number of nitrogens with one attached hydrogen (secondary N) is 1. The SMILES string of the molecule is CN(C)c1ccc([C@@H](CNC(=O)c2cccs2)N2CCc3ccccc3C2)cc1. The van der Waals surface area contributed by atoms with Crippen molar-refractivity contribution in [2.75, 3.05) is 32.1 Å². The number of carbonyl (C=O) groups excluding carboxylic acids is 1. The molecule has 0 saturated carbocycles. The maximum atomic E-state index is 12.5. The van der Waals surface area contributed by atoms with Gasteiger partial charge in [-0.25, -0.2) is 0 Å². The number of rotatable bonds is 6. The minimum atomic E-state index is 0.00678. The van der Waals surface area contributed by atoms with Gasteiger partial charge in [0.15, 0.2) is 0 Å². The van der Waals surface area contributed by atoms with Crippen LogP contribution in [0.15, 0.2) is 66.0 Å². The summed E-state index contributed by atoms with van der Waals surface area (Å²) in [5.74, 6) is 0.00678. The van der Waals surface area contributed by atoms with Crippen LogP contribution in [0.5, 0.6) is 0 Å². The smallest absolute Gasteiger partial charge is 0.261 e. The third-order valence-electron chi connectivity index (χ3n) is 5.60. The van der Waals surface area contributed by atoms with E-state index in [1.54, 1.807) is 0 Å². The fourth-order valence-electron chi connectivity index (χ4n) is 3.92. The molecule has 0 fully saturated rings. The van der Waals surface area contributed by atoms with E-state index in [1.807, 2.05) is 17.5 Å². The molecule has 1 atom stereocenters. The van der Waals surface area contributed by atoms with Crippen LogP contribution in [0.1, 0.15) is 32.4 Å². The van der Waals surface area contributed by atoms with Gasteiger partial charge in [-0.1, -0.05) is 42.5 Å². The van der Waals surface area contributed by atoms with Crippen molar-refractivity contribution in [1.82, 2.24) is 10.2 Å². The molecule has 4 rings (SSSR count). The molecule has 2 heterocycles. The molecule has 29 heavy (non-hydrogen) atoms. The number of hydrogen-bond donors (Lipinski definition) is 1. The first kappa shape index (κ1) is 19.7. The van der Waals surface area contributed by atoms with Crippen molar-refractivity contribution in [3.05, 3.63) is 87.6 Å². The van der Waals surface area contributed by atoms with Gasteiger partial charge in [0, 0.05) is 39.4 Å². The Morgan fingerprint density at radius 2 is 1.83 bits per heavy atom. The molecule has 4 nitrogen and oxygen atoms in total. The van der Waals surface area contributed by atoms with Gasteiger partial charge in [0.05, 0.1) is 10.9 Å². The van der Waals surface area contributed by atoms with Gasteiger partial charge in [0.2, 0.25) is 0 Å². The summed E-state index contributed by atoms with van der Waals surface area (Å²) < 4.78 is 0. The highest BCUT2D eigenvalue weighted by molar-refractivity contribution is 7.12. The van der Waals surface area contributed by atoms with Gasteiger partial charge in [0.1, 0.15) is 0 Å². The van der Waals surface area contributed by atoms with Gasteiger partial charge in [-0.05, 0) is 46.7 Å². The Hall–Kier alpha value is -2.63. The molecule has 0 spiro atoms. The summed E-state index contributed by atoms with van der Waals surface area (Å²) in [7, 11) is 4.10. The van der Waals surface area contributed by atoms with Crippen LogP contribution in [0.4, 0.5) is 5.69 Å². The lowest BCUT2D eigenvalue weighted by atomic mass is 9.96. The normalized spacial score (nSPS) is 14.8. The minimum Gasteiger partial charge on any atom is -0.378 e. The molecule has 5 heteroatoms. The number of fused-ring (bicyclic) bond motifs is 1. The number of thiophene rings is 1. The highest BCUT2D eigenvalue weighted by Crippen LogP contribution is 2.29. The predicted octanol–water partition coefficient (Wildman–Crippen LogP) is 4.34. The predicted molar refractivity (Wildman–Crippen MR) is 121 cm³/mol. The molecule has 0 saturated heterocycles. The van der Waals surface area contributed by atoms with Crippen molar-refractivity contribution >= 4 is 22.9 Å². The Morgan fingerprint density at radius 1 is 1.07 bits per heavy atom. The number of hydrogen-bond acceptors (Lipinski definition) is 4. The highest BCUT2D eigenvalue weighted by Gasteiger charge is 2.25. The first-order valence-corrected chi connectivity index (χ1v) is 10.9. The van der Waals surface area contributed by atoms with E-state index >= 15 is 0 Å². The third-order valence-corrected chi connectivity index (χ3v) is 6.46. The fraction of sp³-hybridized carbons (Fsp3) is 0.292. The number of benzene rings is 2. The van der Waals surface area contributed by atoms with Crippen LogP contribution in [0.2, 0.25) is 0 Å². The molecule has 1 aliphatic rings. The van der Waals surface area contributed by atoms with E-state index in [4.69, 9.17) is 0 Å². The maximum Gasteiger partial charge on any atom is 0.261 e. The van der Waals surface area contributed by atoms with Crippen molar-refractivity contribution < 1.29 is 4.79 Å². The first-order chi connectivity index (χ1) is 14.1. The van der Waals surface area contributed by atoms with E-state index in [9.17, 15) is 4.79 Å². The highest BCUT2D eigenvalue weighted by atomic mass is 32.1. The number of anilines is 1. The molecule has 1 aromatic heterocycles. The molecule has 1 amide bonds. The summed E-state index contributed by atoms with van der Waals surface area (Å²) in [6.07, 6.45) is 1.04. The minimum absolute atomic E-state index is 0.00678. The average molecular weight is 406 g/mol. The van der Waals surface area contributed by atoms with E-state index in [0.29, 0.717) is 6.54 Å². The van der Waals surface area contributed by atoms with Crippen molar-refractivity contribution in [1.29, 1.82) is 0 Å². The van der Waals surface area contributed by atoms with Crippen LogP contribution in [-0.2, 0) is 13.0 Å². The Labute approximate surface area is 176 Å². The number of amides is 1. The molecule has 1 aliphatic heterocycles. The molecule has 0 aliphatic carbocycles. The lowest BCUT2D eigenvalue weighted by Crippen LogP contribution is -2.40. The summed E-state index contributed by atoms with van der Waals surface area (Å²) in [4.78, 5) is 17.9. The van der Waals surface area contributed by atoms with Crippen LogP contribution in [0, 0.1) is 0 Å². The molecular formula is C24H27N3OS. The van der Waals surface area contributed by atoms with E-state index < -0.39 is 0 Å². The number of nitrogens with zero attached hydrogens (tertiary/aromatic N) is 2. The van der Waals surface area contributed by atoms with Gasteiger partial charge in [-0.15, -0.1) is 11.3 Å². The van der Waals surface area contributed by atoms with Crippen LogP contribution in [-0.4, -0.2) is 38.0 Å². The zero-order chi connectivity index (χ0) is 20.2. The number of carbonyl (C=O) groups is 1. The third kappa shape index (κ3) is 4.52. The fourth-order valence-corrected chi connectivity index (χ4v) is 4.56. The second-order valence-electron chi connectivity index (χ2n) is 7.68. The van der Waals surface area contributed by atoms with E-state index in [2.05, 4.69) is 77.7 Å². The maximum absolute atomic E-state index is 12.5. The van der Waals surface area contributed by atoms with Crippen LogP contribution in [0.3, 0.4) is 0 Å². The second kappa shape index (κ2) is 8.80. The topological polar surface area (TPSA) is 35.6 Å². The summed E-state index contributed by atoms with van der Waals surface area (Å²) in [6.45, 7) is 2.50. The second-order valence-corrected chi connectivity index (χ2v) is 8.63. The summed E-state index contributed by atoms with van der Waals surface area (Å²) >= 11 is 1.48. The molecule has 2 aromatic carbocycles. The van der Waals surface area contributed by atoms with E-state index in [0.717, 1.165) is 24.4 Å². The monoisotopic (exact) mass is 405 g/mol. The largest absolute Gasteiger partial charge is 0.378 e. The van der Waals surface area contributed by atoms with E-state index in [1.165, 1.54) is 33.7 Å². The van der Waals surface area contributed by atoms with Gasteiger partial charge >= 0.3 is 0 Å². The Bertz CT molecular complexity index is 951. The summed E-state index contributed by atoms with van der Waals surface area (Å²) in [6, 6.07) is 21.3. The molecule has 3 aromatic rings. The van der Waals surface area contributed by atoms with Crippen molar-refractivity contribution in [2.45, 2.75) is 19.0 Å². The molecule has 1 N–H and O–H groups in total. The Kier molecular flexibility index (Phi) is 5.97. The van der Waals surface area contributed by atoms with Crippen LogP contribution < -0.4 is 10.2 Å².